The van der Waals surface area contributed by atoms with Crippen molar-refractivity contribution in [3.05, 3.63) is 28.5 Å². The number of aliphatic imine (C=N–C) groups is 1. The van der Waals surface area contributed by atoms with E-state index in [-0.39, 0.29) is 11.7 Å². The van der Waals surface area contributed by atoms with Crippen molar-refractivity contribution in [3.8, 4) is 0 Å². The number of hydrogen-bond acceptors (Lipinski definition) is 2. The fourth-order valence-corrected chi connectivity index (χ4v) is 1.01. The highest BCUT2D eigenvalue weighted by Gasteiger charge is 1.98. The third-order valence-corrected chi connectivity index (χ3v) is 2.03. The molecule has 0 bridgehead atoms. The SMILES string of the molecule is CC(=O)NC=Nc1ccc(Br)c(F)c1. The van der Waals surface area contributed by atoms with Crippen LogP contribution < -0.4 is 5.32 Å². The lowest BCUT2D eigenvalue weighted by Crippen LogP contribution is -2.16. The zero-order valence-corrected chi connectivity index (χ0v) is 9.01. The van der Waals surface area contributed by atoms with E-state index in [2.05, 4.69) is 26.2 Å². The van der Waals surface area contributed by atoms with Crippen molar-refractivity contribution in [2.45, 2.75) is 6.92 Å². The summed E-state index contributed by atoms with van der Waals surface area (Å²) in [4.78, 5) is 14.3. The van der Waals surface area contributed by atoms with Crippen LogP contribution >= 0.6 is 15.9 Å². The smallest absolute Gasteiger partial charge is 0.221 e. The second-order valence-electron chi connectivity index (χ2n) is 2.56. The summed E-state index contributed by atoms with van der Waals surface area (Å²) in [6, 6.07) is 4.45. The number of carbonyl (C=O) groups is 1. The predicted molar refractivity (Wildman–Crippen MR) is 56.1 cm³/mol. The van der Waals surface area contributed by atoms with Gasteiger partial charge in [-0.15, -0.1) is 0 Å². The average molecular weight is 259 g/mol. The van der Waals surface area contributed by atoms with Crippen LogP contribution in [0.25, 0.3) is 0 Å². The molecule has 0 saturated heterocycles. The molecular formula is C9H8BrFN2O. The number of rotatable bonds is 2. The van der Waals surface area contributed by atoms with Gasteiger partial charge in [0.2, 0.25) is 5.91 Å². The number of halogens is 2. The van der Waals surface area contributed by atoms with Gasteiger partial charge >= 0.3 is 0 Å². The molecule has 5 heteroatoms. The van der Waals surface area contributed by atoms with Crippen molar-refractivity contribution in [1.82, 2.24) is 5.32 Å². The topological polar surface area (TPSA) is 41.5 Å². The summed E-state index contributed by atoms with van der Waals surface area (Å²) in [6.07, 6.45) is 1.23. The molecule has 0 atom stereocenters. The van der Waals surface area contributed by atoms with E-state index < -0.39 is 0 Å². The Balaban J connectivity index is 2.73. The molecule has 14 heavy (non-hydrogen) atoms. The monoisotopic (exact) mass is 258 g/mol. The summed E-state index contributed by atoms with van der Waals surface area (Å²) in [7, 11) is 0. The van der Waals surface area contributed by atoms with Gasteiger partial charge in [-0.1, -0.05) is 0 Å². The number of nitrogens with zero attached hydrogens (tertiary/aromatic N) is 1. The van der Waals surface area contributed by atoms with Crippen molar-refractivity contribution in [3.63, 3.8) is 0 Å². The highest BCUT2D eigenvalue weighted by molar-refractivity contribution is 9.10. The first-order valence-corrected chi connectivity index (χ1v) is 4.63. The minimum Gasteiger partial charge on any atom is -0.317 e. The summed E-state index contributed by atoms with van der Waals surface area (Å²) < 4.78 is 13.3. The zero-order chi connectivity index (χ0) is 10.6. The molecule has 0 aliphatic rings. The van der Waals surface area contributed by atoms with Crippen LogP contribution in [0, 0.1) is 5.82 Å². The van der Waals surface area contributed by atoms with E-state index in [0.29, 0.717) is 10.2 Å². The second kappa shape index (κ2) is 4.85. The molecule has 0 saturated carbocycles. The molecule has 1 aromatic rings. The fraction of sp³-hybridized carbons (Fsp3) is 0.111. The van der Waals surface area contributed by atoms with Crippen LogP contribution in [0.2, 0.25) is 0 Å². The Morgan fingerprint density at radius 3 is 2.93 bits per heavy atom. The quantitative estimate of drug-likeness (QED) is 0.643. The van der Waals surface area contributed by atoms with Crippen molar-refractivity contribution >= 4 is 33.9 Å². The van der Waals surface area contributed by atoms with Crippen molar-refractivity contribution in [2.75, 3.05) is 0 Å². The van der Waals surface area contributed by atoms with Gasteiger partial charge in [0, 0.05) is 13.0 Å². The van der Waals surface area contributed by atoms with Gasteiger partial charge in [0.05, 0.1) is 16.5 Å². The van der Waals surface area contributed by atoms with Crippen LogP contribution in [0.4, 0.5) is 10.1 Å². The summed E-state index contributed by atoms with van der Waals surface area (Å²) >= 11 is 3.02. The largest absolute Gasteiger partial charge is 0.317 e. The molecule has 3 nitrogen and oxygen atoms in total. The molecule has 1 rings (SSSR count). The molecule has 1 N–H and O–H groups in total. The molecule has 0 fully saturated rings. The van der Waals surface area contributed by atoms with E-state index in [1.165, 1.54) is 19.3 Å². The van der Waals surface area contributed by atoms with Gasteiger partial charge < -0.3 is 5.32 Å². The molecule has 1 aromatic carbocycles. The van der Waals surface area contributed by atoms with Crippen molar-refractivity contribution < 1.29 is 9.18 Å². The molecule has 0 spiro atoms. The van der Waals surface area contributed by atoms with Crippen molar-refractivity contribution in [2.24, 2.45) is 4.99 Å². The summed E-state index contributed by atoms with van der Waals surface area (Å²) in [5.74, 6) is -0.603. The van der Waals surface area contributed by atoms with Gasteiger partial charge in [-0.05, 0) is 28.1 Å². The van der Waals surface area contributed by atoms with Gasteiger partial charge in [0.25, 0.3) is 0 Å². The normalized spacial score (nSPS) is 10.5. The van der Waals surface area contributed by atoms with E-state index in [4.69, 9.17) is 0 Å². The maximum atomic E-state index is 13.0. The number of carbonyl (C=O) groups excluding carboxylic acids is 1. The van der Waals surface area contributed by atoms with E-state index in [1.54, 1.807) is 12.1 Å². The number of nitrogens with one attached hydrogen (secondary N) is 1. The molecule has 0 aliphatic heterocycles. The average Bonchev–Trinajstić information content (AvgIpc) is 2.10. The Morgan fingerprint density at radius 1 is 1.64 bits per heavy atom. The van der Waals surface area contributed by atoms with Crippen molar-refractivity contribution in [1.29, 1.82) is 0 Å². The third kappa shape index (κ3) is 3.26. The third-order valence-electron chi connectivity index (χ3n) is 1.38. The highest BCUT2D eigenvalue weighted by atomic mass is 79.9. The van der Waals surface area contributed by atoms with E-state index in [9.17, 15) is 9.18 Å². The fourth-order valence-electron chi connectivity index (χ4n) is 0.763. The van der Waals surface area contributed by atoms with Crippen LogP contribution in [0.3, 0.4) is 0 Å². The molecule has 74 valence electrons. The Morgan fingerprint density at radius 2 is 2.36 bits per heavy atom. The van der Waals surface area contributed by atoms with E-state index >= 15 is 0 Å². The second-order valence-corrected chi connectivity index (χ2v) is 3.41. The Kier molecular flexibility index (Phi) is 3.76. The number of amides is 1. The van der Waals surface area contributed by atoms with Gasteiger partial charge in [-0.25, -0.2) is 9.38 Å². The van der Waals surface area contributed by atoms with Crippen LogP contribution in [0.5, 0.6) is 0 Å². The minimum absolute atomic E-state index is 0.216. The molecule has 0 radical (unpaired) electrons. The Hall–Kier alpha value is -1.23. The van der Waals surface area contributed by atoms with E-state index in [1.807, 2.05) is 0 Å². The first-order chi connectivity index (χ1) is 6.59. The molecule has 0 heterocycles. The van der Waals surface area contributed by atoms with Gasteiger partial charge in [0.15, 0.2) is 0 Å². The van der Waals surface area contributed by atoms with Gasteiger partial charge in [-0.2, -0.15) is 0 Å². The zero-order valence-electron chi connectivity index (χ0n) is 7.42. The van der Waals surface area contributed by atoms with Gasteiger partial charge in [0.1, 0.15) is 5.82 Å². The maximum Gasteiger partial charge on any atom is 0.221 e. The molecule has 0 unspecified atom stereocenters. The summed E-state index contributed by atoms with van der Waals surface area (Å²) in [5, 5.41) is 2.36. The van der Waals surface area contributed by atoms with Crippen LogP contribution in [0.15, 0.2) is 27.7 Å². The first-order valence-electron chi connectivity index (χ1n) is 3.84. The minimum atomic E-state index is -0.387. The Labute approximate surface area is 89.2 Å². The Bertz CT molecular complexity index is 379. The lowest BCUT2D eigenvalue weighted by atomic mass is 10.3. The van der Waals surface area contributed by atoms with Crippen LogP contribution in [-0.2, 0) is 4.79 Å². The molecule has 0 aliphatic carbocycles. The predicted octanol–water partition coefficient (Wildman–Crippen LogP) is 2.38. The molecular weight excluding hydrogens is 251 g/mol. The first kappa shape index (κ1) is 10.8. The maximum absolute atomic E-state index is 13.0. The van der Waals surface area contributed by atoms with E-state index in [0.717, 1.165) is 0 Å². The van der Waals surface area contributed by atoms with Gasteiger partial charge in [-0.3, -0.25) is 4.79 Å². The molecule has 0 aromatic heterocycles. The number of hydrogen-bond donors (Lipinski definition) is 1. The lowest BCUT2D eigenvalue weighted by Gasteiger charge is -1.96. The van der Waals surface area contributed by atoms with Crippen LogP contribution in [0.1, 0.15) is 6.92 Å². The molecule has 1 amide bonds. The summed E-state index contributed by atoms with van der Waals surface area (Å²) in [5.41, 5.74) is 0.444. The lowest BCUT2D eigenvalue weighted by molar-refractivity contribution is -0.117. The standard InChI is InChI=1S/C9H8BrFN2O/c1-6(14)12-5-13-7-2-3-8(10)9(11)4-7/h2-5H,1H3,(H,12,13,14). The van der Waals surface area contributed by atoms with Crippen LogP contribution in [-0.4, -0.2) is 12.2 Å². The number of benzene rings is 1. The highest BCUT2D eigenvalue weighted by Crippen LogP contribution is 2.20. The summed E-state index contributed by atoms with van der Waals surface area (Å²) in [6.45, 7) is 1.37.